The van der Waals surface area contributed by atoms with Crippen LogP contribution in [0.2, 0.25) is 0 Å². The van der Waals surface area contributed by atoms with E-state index < -0.39 is 71.1 Å². The summed E-state index contributed by atoms with van der Waals surface area (Å²) in [5, 5.41) is 1.91. The molecular weight excluding hydrogens is 613 g/mol. The molecule has 0 bridgehead atoms. The molecule has 0 saturated heterocycles. The van der Waals surface area contributed by atoms with Gasteiger partial charge < -0.3 is 9.47 Å². The van der Waals surface area contributed by atoms with E-state index >= 15 is 0 Å². The third kappa shape index (κ3) is 5.81. The maximum absolute atomic E-state index is 13.8. The van der Waals surface area contributed by atoms with Gasteiger partial charge in [0.05, 0.1) is 6.61 Å². The van der Waals surface area contributed by atoms with Crippen LogP contribution in [0.4, 0.5) is 85.1 Å². The first kappa shape index (κ1) is 34.9. The molecule has 0 saturated carbocycles. The third-order valence-corrected chi connectivity index (χ3v) is 4.50. The second kappa shape index (κ2) is 11.0. The molecular formula is C19H12F17NO3. The number of anilines is 1. The number of nitrogens with one attached hydrogen (secondary N) is 1. The molecule has 0 atom stereocenters. The number of allylic oxidation sites excluding steroid dienone is 1. The fraction of sp³-hybridized carbons (Fsp3) is 0.526. The summed E-state index contributed by atoms with van der Waals surface area (Å²) in [5.41, 5.74) is -0.442. The lowest BCUT2D eigenvalue weighted by atomic mass is 9.91. The molecule has 21 heteroatoms. The minimum atomic E-state index is -8.67. The summed E-state index contributed by atoms with van der Waals surface area (Å²) >= 11 is 0. The molecule has 1 aromatic rings. The van der Waals surface area contributed by atoms with Crippen molar-refractivity contribution in [2.24, 2.45) is 0 Å². The molecule has 0 aromatic heterocycles. The molecule has 0 aliphatic heterocycles. The summed E-state index contributed by atoms with van der Waals surface area (Å²) in [5.74, 6) is -55.7. The molecule has 1 rings (SSSR count). The molecule has 0 aliphatic rings. The lowest BCUT2D eigenvalue weighted by molar-refractivity contribution is -0.451. The van der Waals surface area contributed by atoms with E-state index in [0.29, 0.717) is 18.6 Å². The van der Waals surface area contributed by atoms with Crippen LogP contribution in [0.15, 0.2) is 36.1 Å². The standard InChI is InChI=1S/C19H12F17NO3/c1-2-6-39-12(38)37-8-4-3-5-9(7-8)40-11(21)10(20)13(22,23)14(24,25)15(26,27)16(28,29)17(30,31)18(32,33)19(34,35)36/h3-5,7H,2,6H2,1H3,(H,37,38). The van der Waals surface area contributed by atoms with Gasteiger partial charge in [0.25, 0.3) is 0 Å². The van der Waals surface area contributed by atoms with E-state index in [0.717, 1.165) is 12.1 Å². The number of hydrogen-bond donors (Lipinski definition) is 1. The zero-order chi connectivity index (χ0) is 31.8. The van der Waals surface area contributed by atoms with Gasteiger partial charge in [-0.15, -0.1) is 0 Å². The minimum Gasteiger partial charge on any atom is -0.449 e. The number of rotatable bonds is 11. The molecule has 1 N–H and O–H groups in total. The number of amides is 1. The zero-order valence-electron chi connectivity index (χ0n) is 18.9. The fourth-order valence-corrected chi connectivity index (χ4v) is 2.36. The van der Waals surface area contributed by atoms with Crippen LogP contribution >= 0.6 is 0 Å². The van der Waals surface area contributed by atoms with Gasteiger partial charge in [0.1, 0.15) is 5.75 Å². The summed E-state index contributed by atoms with van der Waals surface area (Å²) in [6.07, 6.45) is -8.66. The topological polar surface area (TPSA) is 47.6 Å². The first-order valence-corrected chi connectivity index (χ1v) is 9.85. The maximum atomic E-state index is 13.8. The van der Waals surface area contributed by atoms with Crippen LogP contribution in [0.25, 0.3) is 0 Å². The number of benzene rings is 1. The number of hydrogen-bond acceptors (Lipinski definition) is 3. The highest BCUT2D eigenvalue weighted by atomic mass is 19.4. The average molecular weight is 625 g/mol. The Labute approximate surface area is 210 Å². The Balaban J connectivity index is 3.45. The Morgan fingerprint density at radius 3 is 1.70 bits per heavy atom. The lowest BCUT2D eigenvalue weighted by Gasteiger charge is -2.41. The number of carbonyl (C=O) groups excluding carboxylic acids is 1. The van der Waals surface area contributed by atoms with Crippen molar-refractivity contribution in [2.45, 2.75) is 55.1 Å². The van der Waals surface area contributed by atoms with Crippen LogP contribution in [-0.2, 0) is 4.74 Å². The molecule has 0 spiro atoms. The first-order chi connectivity index (χ1) is 17.7. The molecule has 0 heterocycles. The van der Waals surface area contributed by atoms with Crippen molar-refractivity contribution < 1.29 is 88.9 Å². The van der Waals surface area contributed by atoms with Gasteiger partial charge in [0, 0.05) is 11.8 Å². The summed E-state index contributed by atoms with van der Waals surface area (Å²) in [4.78, 5) is 11.4. The quantitative estimate of drug-likeness (QED) is 0.198. The molecule has 0 fully saturated rings. The number of carbonyl (C=O) groups is 1. The predicted octanol–water partition coefficient (Wildman–Crippen LogP) is 8.51. The Kier molecular flexibility index (Phi) is 9.60. The molecule has 0 radical (unpaired) electrons. The van der Waals surface area contributed by atoms with Crippen molar-refractivity contribution in [1.82, 2.24) is 0 Å². The largest absolute Gasteiger partial charge is 0.460 e. The smallest absolute Gasteiger partial charge is 0.449 e. The zero-order valence-corrected chi connectivity index (χ0v) is 18.9. The second-order valence-corrected chi connectivity index (χ2v) is 7.42. The van der Waals surface area contributed by atoms with Gasteiger partial charge in [-0.3, -0.25) is 5.32 Å². The summed E-state index contributed by atoms with van der Waals surface area (Å²) in [6.45, 7) is 1.45. The number of halogens is 17. The highest BCUT2D eigenvalue weighted by molar-refractivity contribution is 5.84. The molecule has 0 aliphatic carbocycles. The summed E-state index contributed by atoms with van der Waals surface area (Å²) < 4.78 is 233. The van der Waals surface area contributed by atoms with Gasteiger partial charge in [-0.05, 0) is 18.6 Å². The Bertz CT molecular complexity index is 1100. The van der Waals surface area contributed by atoms with Gasteiger partial charge in [-0.2, -0.15) is 74.6 Å². The molecule has 0 unspecified atom stereocenters. The van der Waals surface area contributed by atoms with Crippen LogP contribution in [-0.4, -0.2) is 54.4 Å². The van der Waals surface area contributed by atoms with Crippen LogP contribution in [0.3, 0.4) is 0 Å². The van der Waals surface area contributed by atoms with E-state index in [2.05, 4.69) is 9.47 Å². The Hall–Kier alpha value is -3.16. The van der Waals surface area contributed by atoms with Gasteiger partial charge in [0.2, 0.25) is 5.83 Å². The van der Waals surface area contributed by atoms with Crippen molar-refractivity contribution in [1.29, 1.82) is 0 Å². The molecule has 230 valence electrons. The van der Waals surface area contributed by atoms with E-state index in [1.807, 2.05) is 5.32 Å². The SMILES string of the molecule is CCCOC(=O)Nc1cccc(OC(F)=C(F)C(F)(F)C(F)(F)C(F)(F)C(F)(F)C(F)(F)C(F)(F)C(F)(F)F)c1. The highest BCUT2D eigenvalue weighted by Gasteiger charge is 2.93. The molecule has 1 amide bonds. The van der Waals surface area contributed by atoms with Crippen LogP contribution in [0.5, 0.6) is 5.75 Å². The summed E-state index contributed by atoms with van der Waals surface area (Å²) in [7, 11) is 0. The van der Waals surface area contributed by atoms with E-state index in [-0.39, 0.29) is 6.61 Å². The van der Waals surface area contributed by atoms with Crippen LogP contribution in [0.1, 0.15) is 13.3 Å². The van der Waals surface area contributed by atoms with E-state index in [1.165, 1.54) is 0 Å². The van der Waals surface area contributed by atoms with Gasteiger partial charge in [0.15, 0.2) is 0 Å². The average Bonchev–Trinajstić information content (AvgIpc) is 2.80. The van der Waals surface area contributed by atoms with Gasteiger partial charge >= 0.3 is 53.8 Å². The van der Waals surface area contributed by atoms with Crippen molar-refractivity contribution in [3.63, 3.8) is 0 Å². The van der Waals surface area contributed by atoms with Crippen LogP contribution in [0, 0.1) is 0 Å². The Morgan fingerprint density at radius 1 is 0.750 bits per heavy atom. The van der Waals surface area contributed by atoms with Crippen LogP contribution < -0.4 is 10.1 Å². The van der Waals surface area contributed by atoms with E-state index in [4.69, 9.17) is 0 Å². The van der Waals surface area contributed by atoms with Crippen molar-refractivity contribution >= 4 is 11.8 Å². The minimum absolute atomic E-state index is 0.128. The van der Waals surface area contributed by atoms with E-state index in [1.54, 1.807) is 6.92 Å². The molecule has 40 heavy (non-hydrogen) atoms. The van der Waals surface area contributed by atoms with Gasteiger partial charge in [-0.25, -0.2) is 4.79 Å². The first-order valence-electron chi connectivity index (χ1n) is 9.85. The fourth-order valence-electron chi connectivity index (χ4n) is 2.36. The number of ether oxygens (including phenoxy) is 2. The third-order valence-electron chi connectivity index (χ3n) is 4.50. The number of alkyl halides is 15. The monoisotopic (exact) mass is 625 g/mol. The Morgan fingerprint density at radius 2 is 1.23 bits per heavy atom. The highest BCUT2D eigenvalue weighted by Crippen LogP contribution is 2.63. The molecule has 4 nitrogen and oxygen atoms in total. The van der Waals surface area contributed by atoms with Crippen molar-refractivity contribution in [3.8, 4) is 5.75 Å². The van der Waals surface area contributed by atoms with E-state index in [9.17, 15) is 79.4 Å². The van der Waals surface area contributed by atoms with Crippen molar-refractivity contribution in [2.75, 3.05) is 11.9 Å². The molecule has 1 aromatic carbocycles. The van der Waals surface area contributed by atoms with Crippen molar-refractivity contribution in [3.05, 3.63) is 36.1 Å². The predicted molar refractivity (Wildman–Crippen MR) is 97.3 cm³/mol. The van der Waals surface area contributed by atoms with Gasteiger partial charge in [-0.1, -0.05) is 13.0 Å². The lowest BCUT2D eigenvalue weighted by Crippen LogP contribution is -2.72. The summed E-state index contributed by atoms with van der Waals surface area (Å²) in [6, 6.07) is -0.893. The normalized spacial score (nSPS) is 14.9. The maximum Gasteiger partial charge on any atom is 0.460 e. The second-order valence-electron chi connectivity index (χ2n) is 7.42.